The maximum atomic E-state index is 11.4. The number of hydrogen-bond acceptors (Lipinski definition) is 4. The average molecular weight is 282 g/mol. The lowest BCUT2D eigenvalue weighted by Crippen LogP contribution is -2.03. The van der Waals surface area contributed by atoms with Gasteiger partial charge in [-0.25, -0.2) is 4.79 Å². The molecule has 106 valence electrons. The molecular weight excluding hydrogens is 268 g/mol. The van der Waals surface area contributed by atoms with Crippen molar-refractivity contribution in [1.29, 1.82) is 0 Å². The molecule has 0 saturated heterocycles. The Morgan fingerprint density at radius 3 is 2.43 bits per heavy atom. The summed E-state index contributed by atoms with van der Waals surface area (Å²) in [5.41, 5.74) is 0. The molecule has 0 aliphatic carbocycles. The van der Waals surface area contributed by atoms with Crippen LogP contribution in [0.5, 0.6) is 17.2 Å². The molecule has 0 aliphatic heterocycles. The Balaban J connectivity index is 2.61. The fraction of sp³-hybridized carbons (Fsp3) is 0. The SMILES string of the molecule is C=CC(=C)Oc1ccc(OC(=O)C=C)c2cccc(O)c12. The highest BCUT2D eigenvalue weighted by molar-refractivity contribution is 5.99. The van der Waals surface area contributed by atoms with E-state index in [2.05, 4.69) is 19.7 Å². The Kier molecular flexibility index (Phi) is 4.09. The van der Waals surface area contributed by atoms with Crippen LogP contribution < -0.4 is 9.47 Å². The van der Waals surface area contributed by atoms with E-state index in [9.17, 15) is 9.90 Å². The largest absolute Gasteiger partial charge is 0.507 e. The summed E-state index contributed by atoms with van der Waals surface area (Å²) in [4.78, 5) is 11.4. The van der Waals surface area contributed by atoms with Crippen LogP contribution in [0.2, 0.25) is 0 Å². The van der Waals surface area contributed by atoms with E-state index < -0.39 is 5.97 Å². The molecule has 21 heavy (non-hydrogen) atoms. The summed E-state index contributed by atoms with van der Waals surface area (Å²) in [7, 11) is 0. The van der Waals surface area contributed by atoms with Crippen LogP contribution >= 0.6 is 0 Å². The summed E-state index contributed by atoms with van der Waals surface area (Å²) in [5.74, 6) is 0.476. The second kappa shape index (κ2) is 5.96. The number of phenols is 1. The van der Waals surface area contributed by atoms with Crippen molar-refractivity contribution < 1.29 is 19.4 Å². The van der Waals surface area contributed by atoms with Gasteiger partial charge in [0.2, 0.25) is 0 Å². The Labute approximate surface area is 122 Å². The summed E-state index contributed by atoms with van der Waals surface area (Å²) in [6.07, 6.45) is 2.52. The molecule has 0 radical (unpaired) electrons. The van der Waals surface area contributed by atoms with Gasteiger partial charge in [-0.3, -0.25) is 0 Å². The number of aromatic hydroxyl groups is 1. The van der Waals surface area contributed by atoms with E-state index in [-0.39, 0.29) is 5.75 Å². The first-order chi connectivity index (χ1) is 10.1. The van der Waals surface area contributed by atoms with Gasteiger partial charge in [0.25, 0.3) is 0 Å². The van der Waals surface area contributed by atoms with E-state index in [0.29, 0.717) is 28.0 Å². The minimum Gasteiger partial charge on any atom is -0.507 e. The van der Waals surface area contributed by atoms with Crippen LogP contribution in [0.1, 0.15) is 0 Å². The third-order valence-electron chi connectivity index (χ3n) is 2.79. The number of esters is 1. The fourth-order valence-electron chi connectivity index (χ4n) is 1.84. The van der Waals surface area contributed by atoms with Gasteiger partial charge in [0.1, 0.15) is 23.0 Å². The predicted molar refractivity (Wildman–Crippen MR) is 81.4 cm³/mol. The van der Waals surface area contributed by atoms with Crippen LogP contribution in [-0.2, 0) is 4.79 Å². The van der Waals surface area contributed by atoms with Gasteiger partial charge in [0.05, 0.1) is 5.39 Å². The standard InChI is InChI=1S/C17H14O4/c1-4-11(3)20-15-10-9-14(21-16(19)5-2)12-7-6-8-13(18)17(12)15/h4-10,18H,1-3H2. The van der Waals surface area contributed by atoms with E-state index in [0.717, 1.165) is 6.08 Å². The van der Waals surface area contributed by atoms with Gasteiger partial charge in [0, 0.05) is 11.5 Å². The van der Waals surface area contributed by atoms with Crippen LogP contribution in [0.15, 0.2) is 68.0 Å². The van der Waals surface area contributed by atoms with Crippen LogP contribution in [0.3, 0.4) is 0 Å². The maximum Gasteiger partial charge on any atom is 0.335 e. The topological polar surface area (TPSA) is 55.8 Å². The zero-order valence-electron chi connectivity index (χ0n) is 11.3. The molecule has 0 aromatic heterocycles. The number of carbonyl (C=O) groups is 1. The molecule has 2 rings (SSSR count). The van der Waals surface area contributed by atoms with Crippen LogP contribution in [0.4, 0.5) is 0 Å². The summed E-state index contributed by atoms with van der Waals surface area (Å²) < 4.78 is 10.7. The highest BCUT2D eigenvalue weighted by Gasteiger charge is 2.13. The van der Waals surface area contributed by atoms with E-state index >= 15 is 0 Å². The molecule has 0 unspecified atom stereocenters. The molecule has 1 N–H and O–H groups in total. The minimum atomic E-state index is -0.580. The van der Waals surface area contributed by atoms with Crippen molar-refractivity contribution >= 4 is 16.7 Å². The Hall–Kier alpha value is -3.01. The molecule has 0 spiro atoms. The fourth-order valence-corrected chi connectivity index (χ4v) is 1.84. The molecule has 0 heterocycles. The Morgan fingerprint density at radius 1 is 1.05 bits per heavy atom. The first-order valence-corrected chi connectivity index (χ1v) is 6.15. The quantitative estimate of drug-likeness (QED) is 0.298. The van der Waals surface area contributed by atoms with Crippen molar-refractivity contribution in [2.24, 2.45) is 0 Å². The number of carbonyl (C=O) groups excluding carboxylic acids is 1. The summed E-state index contributed by atoms with van der Waals surface area (Å²) in [5, 5.41) is 11.0. The molecule has 4 heteroatoms. The molecule has 0 fully saturated rings. The van der Waals surface area contributed by atoms with E-state index in [1.807, 2.05) is 0 Å². The summed E-state index contributed by atoms with van der Waals surface area (Å²) in [6.45, 7) is 10.6. The predicted octanol–water partition coefficient (Wildman–Crippen LogP) is 3.72. The highest BCUT2D eigenvalue weighted by Crippen LogP contribution is 2.39. The van der Waals surface area contributed by atoms with Crippen molar-refractivity contribution in [3.8, 4) is 17.2 Å². The lowest BCUT2D eigenvalue weighted by Gasteiger charge is -2.13. The number of fused-ring (bicyclic) bond motifs is 1. The molecule has 2 aromatic carbocycles. The van der Waals surface area contributed by atoms with E-state index in [1.165, 1.54) is 12.1 Å². The molecule has 0 atom stereocenters. The third-order valence-corrected chi connectivity index (χ3v) is 2.79. The second-order valence-corrected chi connectivity index (χ2v) is 4.16. The highest BCUT2D eigenvalue weighted by atomic mass is 16.5. The van der Waals surface area contributed by atoms with Gasteiger partial charge in [-0.1, -0.05) is 31.9 Å². The molecule has 0 aliphatic rings. The molecule has 2 aromatic rings. The van der Waals surface area contributed by atoms with E-state index in [1.54, 1.807) is 24.3 Å². The monoisotopic (exact) mass is 282 g/mol. The zero-order chi connectivity index (χ0) is 15.4. The van der Waals surface area contributed by atoms with Gasteiger partial charge in [-0.15, -0.1) is 0 Å². The molecular formula is C17H14O4. The lowest BCUT2D eigenvalue weighted by atomic mass is 10.1. The van der Waals surface area contributed by atoms with Crippen molar-refractivity contribution in [3.05, 3.63) is 68.0 Å². The number of hydrogen-bond donors (Lipinski definition) is 1. The third kappa shape index (κ3) is 2.95. The number of phenolic OH excluding ortho intramolecular Hbond substituents is 1. The van der Waals surface area contributed by atoms with Gasteiger partial charge >= 0.3 is 5.97 Å². The van der Waals surface area contributed by atoms with Crippen molar-refractivity contribution in [3.63, 3.8) is 0 Å². The first-order valence-electron chi connectivity index (χ1n) is 6.15. The summed E-state index contributed by atoms with van der Waals surface area (Å²) >= 11 is 0. The summed E-state index contributed by atoms with van der Waals surface area (Å²) in [6, 6.07) is 8.04. The zero-order valence-corrected chi connectivity index (χ0v) is 11.3. The average Bonchev–Trinajstić information content (AvgIpc) is 2.49. The minimum absolute atomic E-state index is 0.0101. The first kappa shape index (κ1) is 14.4. The van der Waals surface area contributed by atoms with Crippen molar-refractivity contribution in [2.75, 3.05) is 0 Å². The van der Waals surface area contributed by atoms with Gasteiger partial charge in [0.15, 0.2) is 0 Å². The molecule has 0 amide bonds. The maximum absolute atomic E-state index is 11.4. The number of ether oxygens (including phenoxy) is 2. The second-order valence-electron chi connectivity index (χ2n) is 4.16. The number of rotatable bonds is 5. The van der Waals surface area contributed by atoms with E-state index in [4.69, 9.17) is 9.47 Å². The van der Waals surface area contributed by atoms with Crippen molar-refractivity contribution in [2.45, 2.75) is 0 Å². The van der Waals surface area contributed by atoms with Gasteiger partial charge in [-0.05, 0) is 24.3 Å². The lowest BCUT2D eigenvalue weighted by molar-refractivity contribution is -0.128. The number of allylic oxidation sites excluding steroid dienone is 1. The van der Waals surface area contributed by atoms with Crippen molar-refractivity contribution in [1.82, 2.24) is 0 Å². The van der Waals surface area contributed by atoms with Crippen LogP contribution in [0.25, 0.3) is 10.8 Å². The Morgan fingerprint density at radius 2 is 1.76 bits per heavy atom. The van der Waals surface area contributed by atoms with Crippen LogP contribution in [-0.4, -0.2) is 11.1 Å². The normalized spacial score (nSPS) is 9.90. The smallest absolute Gasteiger partial charge is 0.335 e. The molecule has 4 nitrogen and oxygen atoms in total. The number of benzene rings is 2. The Bertz CT molecular complexity index is 744. The van der Waals surface area contributed by atoms with Crippen LogP contribution in [0, 0.1) is 0 Å². The van der Waals surface area contributed by atoms with Gasteiger partial charge < -0.3 is 14.6 Å². The molecule has 0 bridgehead atoms. The van der Waals surface area contributed by atoms with Gasteiger partial charge in [-0.2, -0.15) is 0 Å². The molecule has 0 saturated carbocycles.